The number of hydrogen-bond donors (Lipinski definition) is 2. The van der Waals surface area contributed by atoms with E-state index in [1.54, 1.807) is 23.0 Å². The van der Waals surface area contributed by atoms with Gasteiger partial charge in [-0.15, -0.1) is 0 Å². The molecule has 2 bridgehead atoms. The van der Waals surface area contributed by atoms with E-state index >= 15 is 0 Å². The second kappa shape index (κ2) is 10.7. The maximum Gasteiger partial charge on any atom is 0.280 e. The zero-order valence-electron chi connectivity index (χ0n) is 24.9. The SMILES string of the molecule is Cc1cc2cc(n1)-c1cnn(C)c1OCCC[C@@H](C)CN1/C(=N/C2=O)Nc2ccc(N=S3(=O)CCC4(CC3)CNC4)cc21. The number of pyridine rings is 1. The molecule has 2 saturated heterocycles. The van der Waals surface area contributed by atoms with Gasteiger partial charge in [-0.2, -0.15) is 14.5 Å². The molecule has 3 aromatic rings. The molecule has 1 atom stereocenters. The summed E-state index contributed by atoms with van der Waals surface area (Å²) in [5.74, 6) is 2.31. The lowest BCUT2D eigenvalue weighted by Crippen LogP contribution is -2.56. The number of aromatic nitrogens is 3. The average Bonchev–Trinajstić information content (AvgIpc) is 3.49. The molecule has 6 heterocycles. The van der Waals surface area contributed by atoms with Crippen LogP contribution in [0.2, 0.25) is 0 Å². The number of hydrogen-bond acceptors (Lipinski definition) is 9. The predicted molar refractivity (Wildman–Crippen MR) is 169 cm³/mol. The topological polar surface area (TPSA) is 126 Å². The smallest absolute Gasteiger partial charge is 0.280 e. The molecule has 4 aliphatic rings. The quantitative estimate of drug-likeness (QED) is 0.417. The van der Waals surface area contributed by atoms with Gasteiger partial charge >= 0.3 is 0 Å². The number of carbonyl (C=O) groups is 1. The molecule has 0 saturated carbocycles. The highest BCUT2D eigenvalue weighted by Gasteiger charge is 2.41. The Hall–Kier alpha value is -3.77. The van der Waals surface area contributed by atoms with Gasteiger partial charge in [0.2, 0.25) is 11.8 Å². The molecule has 0 radical (unpaired) electrons. The molecule has 11 nitrogen and oxygen atoms in total. The Balaban J connectivity index is 1.23. The van der Waals surface area contributed by atoms with Crippen LogP contribution in [0.5, 0.6) is 5.88 Å². The molecule has 2 fully saturated rings. The third-order valence-corrected chi connectivity index (χ3v) is 11.3. The monoisotopic (exact) mass is 602 g/mol. The summed E-state index contributed by atoms with van der Waals surface area (Å²) < 4.78 is 26.4. The van der Waals surface area contributed by atoms with Gasteiger partial charge in [0.25, 0.3) is 5.91 Å². The maximum atomic E-state index is 13.7. The summed E-state index contributed by atoms with van der Waals surface area (Å²) in [7, 11) is -0.466. The number of ether oxygens (including phenoxy) is 1. The molecule has 0 aliphatic carbocycles. The van der Waals surface area contributed by atoms with E-state index < -0.39 is 9.73 Å². The number of nitrogens with zero attached hydrogens (tertiary/aromatic N) is 6. The number of fused-ring (bicyclic) bond motifs is 7. The first-order valence-corrected chi connectivity index (χ1v) is 16.9. The van der Waals surface area contributed by atoms with Crippen LogP contribution in [0.1, 0.15) is 48.7 Å². The van der Waals surface area contributed by atoms with Crippen molar-refractivity contribution in [3.63, 3.8) is 0 Å². The van der Waals surface area contributed by atoms with Crippen LogP contribution in [-0.4, -0.2) is 68.6 Å². The third-order valence-electron chi connectivity index (χ3n) is 9.09. The van der Waals surface area contributed by atoms with E-state index in [1.807, 2.05) is 32.2 Å². The Bertz CT molecular complexity index is 1740. The van der Waals surface area contributed by atoms with Gasteiger partial charge in [0, 0.05) is 49.4 Å². The Morgan fingerprint density at radius 2 is 1.98 bits per heavy atom. The van der Waals surface area contributed by atoms with E-state index in [1.165, 1.54) is 0 Å². The summed E-state index contributed by atoms with van der Waals surface area (Å²) in [6.07, 6.45) is 5.41. The number of rotatable bonds is 1. The highest BCUT2D eigenvalue weighted by Crippen LogP contribution is 2.40. The van der Waals surface area contributed by atoms with Crippen LogP contribution in [0.3, 0.4) is 0 Å². The van der Waals surface area contributed by atoms with Gasteiger partial charge in [0.05, 0.1) is 50.9 Å². The van der Waals surface area contributed by atoms with Gasteiger partial charge in [-0.05, 0) is 74.3 Å². The molecule has 2 aromatic heterocycles. The molecule has 4 aliphatic heterocycles. The van der Waals surface area contributed by atoms with Crippen molar-refractivity contribution in [3.05, 3.63) is 47.8 Å². The number of anilines is 2. The Morgan fingerprint density at radius 3 is 2.74 bits per heavy atom. The molecule has 0 unspecified atom stereocenters. The Kier molecular flexibility index (Phi) is 7.00. The zero-order chi connectivity index (χ0) is 29.8. The number of aryl methyl sites for hydroxylation is 2. The number of aliphatic imine (C=N–C) groups is 1. The first-order valence-electron chi connectivity index (χ1n) is 15.1. The molecule has 1 spiro atoms. The minimum absolute atomic E-state index is 0.278. The maximum absolute atomic E-state index is 13.7. The summed E-state index contributed by atoms with van der Waals surface area (Å²) in [5, 5.41) is 11.1. The summed E-state index contributed by atoms with van der Waals surface area (Å²) >= 11 is 0. The lowest BCUT2D eigenvalue weighted by Gasteiger charge is -2.46. The largest absolute Gasteiger partial charge is 0.477 e. The molecule has 1 aromatic carbocycles. The van der Waals surface area contributed by atoms with Crippen LogP contribution in [0.15, 0.2) is 45.9 Å². The fraction of sp³-hybridized carbons (Fsp3) is 0.484. The molecular weight excluding hydrogens is 564 g/mol. The molecular formula is C31H38N8O3S. The number of nitrogens with one attached hydrogen (secondary N) is 2. The van der Waals surface area contributed by atoms with Gasteiger partial charge in [-0.1, -0.05) is 6.92 Å². The molecule has 12 heteroatoms. The fourth-order valence-corrected chi connectivity index (χ4v) is 8.83. The van der Waals surface area contributed by atoms with Crippen molar-refractivity contribution in [3.8, 4) is 17.1 Å². The number of guanidine groups is 1. The summed E-state index contributed by atoms with van der Waals surface area (Å²) in [5.41, 5.74) is 5.29. The van der Waals surface area contributed by atoms with Crippen LogP contribution in [0, 0.1) is 18.3 Å². The first-order chi connectivity index (χ1) is 20.7. The Labute approximate surface area is 252 Å². The summed E-state index contributed by atoms with van der Waals surface area (Å²) in [4.78, 5) is 24.9. The normalized spacial score (nSPS) is 23.7. The van der Waals surface area contributed by atoms with E-state index in [9.17, 15) is 9.00 Å². The predicted octanol–water partition coefficient (Wildman–Crippen LogP) is 4.51. The number of carbonyl (C=O) groups excluding carboxylic acids is 1. The van der Waals surface area contributed by atoms with Gasteiger partial charge in [-0.25, -0.2) is 8.89 Å². The highest BCUT2D eigenvalue weighted by molar-refractivity contribution is 7.93. The highest BCUT2D eigenvalue weighted by atomic mass is 32.2. The number of benzene rings is 1. The lowest BCUT2D eigenvalue weighted by molar-refractivity contribution is 0.100. The summed E-state index contributed by atoms with van der Waals surface area (Å²) in [6, 6.07) is 9.35. The lowest BCUT2D eigenvalue weighted by atomic mass is 9.77. The van der Waals surface area contributed by atoms with Crippen LogP contribution < -0.4 is 20.3 Å². The van der Waals surface area contributed by atoms with Gasteiger partial charge in [0.15, 0.2) is 0 Å². The first kappa shape index (κ1) is 28.0. The minimum Gasteiger partial charge on any atom is -0.477 e. The summed E-state index contributed by atoms with van der Waals surface area (Å²) in [6.45, 7) is 7.30. The molecule has 2 N–H and O–H groups in total. The molecule has 1 amide bonds. The van der Waals surface area contributed by atoms with Crippen molar-refractivity contribution in [2.45, 2.75) is 39.5 Å². The van der Waals surface area contributed by atoms with Crippen molar-refractivity contribution in [2.75, 3.05) is 48.0 Å². The van der Waals surface area contributed by atoms with E-state index in [0.717, 1.165) is 55.7 Å². The Morgan fingerprint density at radius 1 is 1.16 bits per heavy atom. The fourth-order valence-electron chi connectivity index (χ4n) is 6.44. The van der Waals surface area contributed by atoms with Crippen LogP contribution in [0.25, 0.3) is 11.3 Å². The average molecular weight is 603 g/mol. The van der Waals surface area contributed by atoms with Crippen LogP contribution >= 0.6 is 0 Å². The molecule has 7 rings (SSSR count). The van der Waals surface area contributed by atoms with Gasteiger partial charge in [-0.3, -0.25) is 9.78 Å². The second-order valence-electron chi connectivity index (χ2n) is 12.5. The van der Waals surface area contributed by atoms with Crippen LogP contribution in [-0.2, 0) is 16.8 Å². The standard InChI is InChI=1S/C31H38N8O3S/c1-20-5-4-10-42-29-24(16-33-38(29)3)26-14-22(13-21(2)34-26)28(40)36-30-35-25-7-6-23(15-27(25)39(30)17-20)37-43(41)11-8-31(9-12-43)18-32-19-31/h6-7,13-16,20,32H,4-5,8-12,17-19H2,1-3H3,(H,35,36,40)/t20-/m1/s1. The second-order valence-corrected chi connectivity index (χ2v) is 15.1. The zero-order valence-corrected chi connectivity index (χ0v) is 25.7. The van der Waals surface area contributed by atoms with Crippen molar-refractivity contribution in [1.29, 1.82) is 0 Å². The van der Waals surface area contributed by atoms with Crippen LogP contribution in [0.4, 0.5) is 17.1 Å². The van der Waals surface area contributed by atoms with E-state index in [2.05, 4.69) is 37.5 Å². The van der Waals surface area contributed by atoms with Crippen molar-refractivity contribution < 1.29 is 13.7 Å². The van der Waals surface area contributed by atoms with Crippen molar-refractivity contribution in [1.82, 2.24) is 20.1 Å². The molecule has 43 heavy (non-hydrogen) atoms. The van der Waals surface area contributed by atoms with E-state index in [4.69, 9.17) is 9.10 Å². The van der Waals surface area contributed by atoms with Gasteiger partial charge in [0.1, 0.15) is 0 Å². The van der Waals surface area contributed by atoms with E-state index in [0.29, 0.717) is 64.6 Å². The van der Waals surface area contributed by atoms with Crippen molar-refractivity contribution in [2.24, 2.45) is 27.7 Å². The van der Waals surface area contributed by atoms with Crippen molar-refractivity contribution >= 4 is 38.7 Å². The minimum atomic E-state index is -2.31. The van der Waals surface area contributed by atoms with Gasteiger partial charge < -0.3 is 20.3 Å². The van der Waals surface area contributed by atoms with E-state index in [-0.39, 0.29) is 11.8 Å². The molecule has 226 valence electrons. The third kappa shape index (κ3) is 5.42. The number of amides is 1.